The lowest BCUT2D eigenvalue weighted by Crippen LogP contribution is -2.29. The van der Waals surface area contributed by atoms with Crippen LogP contribution in [0.25, 0.3) is 22.3 Å². The predicted octanol–water partition coefficient (Wildman–Crippen LogP) is 6.07. The standard InChI is InChI=1S/C26H24F3N7/c1-16(17-5-7-20(8-6-17)36-9-3-2-4-10-36)34-25-33-13-18(12-30)23(35-25)22-15-32-24-21(22)11-19(14-31-24)26(27,28)29/h5-8,11,13-16H,2-4,9-10H2,1H3,(H,31,32)(H,33,34,35). The van der Waals surface area contributed by atoms with Crippen LogP contribution < -0.4 is 10.2 Å². The minimum atomic E-state index is -4.54. The number of anilines is 2. The topological polar surface area (TPSA) is 93.5 Å². The van der Waals surface area contributed by atoms with E-state index in [-0.39, 0.29) is 34.3 Å². The molecule has 4 heterocycles. The van der Waals surface area contributed by atoms with Gasteiger partial charge in [0.15, 0.2) is 0 Å². The molecule has 36 heavy (non-hydrogen) atoms. The van der Waals surface area contributed by atoms with Gasteiger partial charge in [0, 0.05) is 42.1 Å². The molecule has 0 spiro atoms. The van der Waals surface area contributed by atoms with Crippen LogP contribution in [0.1, 0.15) is 48.9 Å². The Morgan fingerprint density at radius 2 is 1.83 bits per heavy atom. The molecule has 2 N–H and O–H groups in total. The van der Waals surface area contributed by atoms with Crippen molar-refractivity contribution in [1.29, 1.82) is 5.26 Å². The maximum Gasteiger partial charge on any atom is 0.417 e. The number of rotatable bonds is 5. The van der Waals surface area contributed by atoms with Crippen molar-refractivity contribution in [3.8, 4) is 17.3 Å². The van der Waals surface area contributed by atoms with Gasteiger partial charge in [-0.3, -0.25) is 0 Å². The van der Waals surface area contributed by atoms with Crippen LogP contribution in [0.3, 0.4) is 0 Å². The third-order valence-corrected chi connectivity index (χ3v) is 6.48. The van der Waals surface area contributed by atoms with Crippen LogP contribution >= 0.6 is 0 Å². The molecule has 1 saturated heterocycles. The highest BCUT2D eigenvalue weighted by Gasteiger charge is 2.31. The summed E-state index contributed by atoms with van der Waals surface area (Å²) in [5, 5.41) is 13.1. The van der Waals surface area contributed by atoms with Crippen LogP contribution in [0, 0.1) is 11.3 Å². The molecule has 5 rings (SSSR count). The molecule has 0 bridgehead atoms. The predicted molar refractivity (Wildman–Crippen MR) is 131 cm³/mol. The molecule has 1 aliphatic heterocycles. The SMILES string of the molecule is CC(Nc1ncc(C#N)c(-c2c[nH]c3ncc(C(F)(F)F)cc23)n1)c1ccc(N2CCCCC2)cc1. The van der Waals surface area contributed by atoms with Crippen LogP contribution in [-0.4, -0.2) is 33.0 Å². The van der Waals surface area contributed by atoms with Gasteiger partial charge in [0.2, 0.25) is 5.95 Å². The van der Waals surface area contributed by atoms with Crippen molar-refractivity contribution in [2.45, 2.75) is 38.4 Å². The van der Waals surface area contributed by atoms with E-state index in [1.807, 2.05) is 13.0 Å². The number of nitriles is 1. The molecule has 0 radical (unpaired) electrons. The molecule has 1 aromatic carbocycles. The molecule has 1 aliphatic rings. The van der Waals surface area contributed by atoms with Crippen molar-refractivity contribution in [1.82, 2.24) is 19.9 Å². The van der Waals surface area contributed by atoms with Crippen LogP contribution in [0.5, 0.6) is 0 Å². The first-order valence-electron chi connectivity index (χ1n) is 11.8. The number of nitrogens with one attached hydrogen (secondary N) is 2. The van der Waals surface area contributed by atoms with Crippen LogP contribution in [-0.2, 0) is 6.18 Å². The molecule has 1 fully saturated rings. The second kappa shape index (κ2) is 9.49. The molecule has 7 nitrogen and oxygen atoms in total. The van der Waals surface area contributed by atoms with Crippen molar-refractivity contribution >= 4 is 22.7 Å². The van der Waals surface area contributed by atoms with Crippen LogP contribution in [0.2, 0.25) is 0 Å². The van der Waals surface area contributed by atoms with Crippen molar-refractivity contribution in [3.63, 3.8) is 0 Å². The van der Waals surface area contributed by atoms with Gasteiger partial charge in [-0.1, -0.05) is 12.1 Å². The molecule has 1 atom stereocenters. The second-order valence-electron chi connectivity index (χ2n) is 8.89. The number of benzene rings is 1. The maximum absolute atomic E-state index is 13.3. The van der Waals surface area contributed by atoms with Crippen molar-refractivity contribution in [2.24, 2.45) is 0 Å². The summed E-state index contributed by atoms with van der Waals surface area (Å²) in [6.07, 6.45) is 2.82. The van der Waals surface area contributed by atoms with E-state index in [2.05, 4.69) is 54.4 Å². The number of hydrogen-bond acceptors (Lipinski definition) is 6. The number of aromatic amines is 1. The molecular formula is C26H24F3N7. The average molecular weight is 492 g/mol. The summed E-state index contributed by atoms with van der Waals surface area (Å²) in [6, 6.07) is 11.3. The van der Waals surface area contributed by atoms with Crippen LogP contribution in [0.15, 0.2) is 48.9 Å². The number of H-pyrrole nitrogens is 1. The normalized spacial score (nSPS) is 15.0. The van der Waals surface area contributed by atoms with Gasteiger partial charge in [0.25, 0.3) is 0 Å². The maximum atomic E-state index is 13.3. The van der Waals surface area contributed by atoms with Gasteiger partial charge in [0.1, 0.15) is 11.7 Å². The fourth-order valence-corrected chi connectivity index (χ4v) is 4.50. The first kappa shape index (κ1) is 23.6. The van der Waals surface area contributed by atoms with E-state index in [4.69, 9.17) is 0 Å². The van der Waals surface area contributed by atoms with E-state index >= 15 is 0 Å². The van der Waals surface area contributed by atoms with Gasteiger partial charge in [-0.25, -0.2) is 15.0 Å². The minimum absolute atomic E-state index is 0.136. The molecule has 1 unspecified atom stereocenters. The summed E-state index contributed by atoms with van der Waals surface area (Å²) in [6.45, 7) is 4.12. The largest absolute Gasteiger partial charge is 0.417 e. The Morgan fingerprint density at radius 3 is 2.53 bits per heavy atom. The smallest absolute Gasteiger partial charge is 0.372 e. The molecule has 3 aromatic heterocycles. The summed E-state index contributed by atoms with van der Waals surface area (Å²) >= 11 is 0. The number of alkyl halides is 3. The average Bonchev–Trinajstić information content (AvgIpc) is 3.32. The molecular weight excluding hydrogens is 467 g/mol. The molecule has 10 heteroatoms. The fourth-order valence-electron chi connectivity index (χ4n) is 4.50. The number of piperidine rings is 1. The van der Waals surface area contributed by atoms with E-state index in [1.54, 1.807) is 0 Å². The van der Waals surface area contributed by atoms with E-state index in [0.717, 1.165) is 30.9 Å². The molecule has 4 aromatic rings. The quantitative estimate of drug-likeness (QED) is 0.352. The Labute approximate surface area is 206 Å². The second-order valence-corrected chi connectivity index (χ2v) is 8.89. The summed E-state index contributed by atoms with van der Waals surface area (Å²) in [4.78, 5) is 17.9. The summed E-state index contributed by atoms with van der Waals surface area (Å²) in [7, 11) is 0. The molecule has 0 aliphatic carbocycles. The zero-order valence-corrected chi connectivity index (χ0v) is 19.6. The highest BCUT2D eigenvalue weighted by atomic mass is 19.4. The van der Waals surface area contributed by atoms with Gasteiger partial charge in [0.05, 0.1) is 29.1 Å². The zero-order chi connectivity index (χ0) is 25.3. The van der Waals surface area contributed by atoms with Crippen LogP contribution in [0.4, 0.5) is 24.8 Å². The zero-order valence-electron chi connectivity index (χ0n) is 19.6. The third-order valence-electron chi connectivity index (χ3n) is 6.48. The Morgan fingerprint density at radius 1 is 1.08 bits per heavy atom. The minimum Gasteiger partial charge on any atom is -0.372 e. The lowest BCUT2D eigenvalue weighted by molar-refractivity contribution is -0.137. The number of nitrogens with zero attached hydrogens (tertiary/aromatic N) is 5. The van der Waals surface area contributed by atoms with E-state index < -0.39 is 11.7 Å². The summed E-state index contributed by atoms with van der Waals surface area (Å²) < 4.78 is 39.8. The summed E-state index contributed by atoms with van der Waals surface area (Å²) in [5.41, 5.74) is 2.38. The Bertz CT molecular complexity index is 1410. The van der Waals surface area contributed by atoms with E-state index in [9.17, 15) is 18.4 Å². The molecule has 0 amide bonds. The third kappa shape index (κ3) is 4.69. The van der Waals surface area contributed by atoms with Gasteiger partial charge in [-0.15, -0.1) is 0 Å². The number of halogens is 3. The number of fused-ring (bicyclic) bond motifs is 1. The lowest BCUT2D eigenvalue weighted by Gasteiger charge is -2.29. The van der Waals surface area contributed by atoms with E-state index in [1.165, 1.54) is 37.3 Å². The highest BCUT2D eigenvalue weighted by molar-refractivity contribution is 5.94. The highest BCUT2D eigenvalue weighted by Crippen LogP contribution is 2.35. The van der Waals surface area contributed by atoms with Gasteiger partial charge >= 0.3 is 6.18 Å². The Balaban J connectivity index is 1.42. The number of pyridine rings is 1. The monoisotopic (exact) mass is 491 g/mol. The van der Waals surface area contributed by atoms with E-state index in [0.29, 0.717) is 5.56 Å². The first-order valence-corrected chi connectivity index (χ1v) is 11.8. The Kier molecular flexibility index (Phi) is 6.22. The van der Waals surface area contributed by atoms with Crippen molar-refractivity contribution in [3.05, 3.63) is 65.6 Å². The summed E-state index contributed by atoms with van der Waals surface area (Å²) in [5.74, 6) is 0.269. The van der Waals surface area contributed by atoms with Gasteiger partial charge in [-0.2, -0.15) is 18.4 Å². The number of aromatic nitrogens is 4. The fraction of sp³-hybridized carbons (Fsp3) is 0.308. The molecule has 0 saturated carbocycles. The lowest BCUT2D eigenvalue weighted by atomic mass is 10.1. The number of hydrogen-bond donors (Lipinski definition) is 2. The molecule has 184 valence electrons. The first-order chi connectivity index (χ1) is 17.3. The van der Waals surface area contributed by atoms with Crippen molar-refractivity contribution < 1.29 is 13.2 Å². The van der Waals surface area contributed by atoms with Gasteiger partial charge in [-0.05, 0) is 49.9 Å². The van der Waals surface area contributed by atoms with Crippen molar-refractivity contribution in [2.75, 3.05) is 23.3 Å². The van der Waals surface area contributed by atoms with Gasteiger partial charge < -0.3 is 15.2 Å². The Hall–Kier alpha value is -4.13.